The number of carboxylic acids is 1. The van der Waals surface area contributed by atoms with Gasteiger partial charge in [0, 0.05) is 12.6 Å². The molecule has 0 spiro atoms. The topological polar surface area (TPSA) is 75.5 Å². The van der Waals surface area contributed by atoms with Crippen molar-refractivity contribution in [2.75, 3.05) is 18.1 Å². The summed E-state index contributed by atoms with van der Waals surface area (Å²) in [6, 6.07) is 1.27. The number of aromatic nitrogens is 2. The third-order valence-electron chi connectivity index (χ3n) is 4.36. The summed E-state index contributed by atoms with van der Waals surface area (Å²) in [5, 5.41) is 9.55. The van der Waals surface area contributed by atoms with Crippen LogP contribution in [0.5, 0.6) is 5.88 Å². The third-order valence-corrected chi connectivity index (χ3v) is 4.36. The standard InChI is InChI=1S/C14H19N3O3/c1-2-20-12-6-11(15-8-16-12)17-7-9-4-3-5-10(9)13(17)14(18)19/h6,8-10,13H,2-5,7H2,1H3,(H,18,19). The van der Waals surface area contributed by atoms with Crippen LogP contribution in [0, 0.1) is 11.8 Å². The van der Waals surface area contributed by atoms with E-state index in [1.54, 1.807) is 6.07 Å². The molecule has 108 valence electrons. The van der Waals surface area contributed by atoms with Crippen LogP contribution in [0.2, 0.25) is 0 Å². The number of carbonyl (C=O) groups is 1. The maximum atomic E-state index is 11.6. The Bertz CT molecular complexity index is 508. The SMILES string of the molecule is CCOc1cc(N2CC3CCCC3C2C(=O)O)ncn1. The van der Waals surface area contributed by atoms with Gasteiger partial charge in [-0.05, 0) is 31.6 Å². The third kappa shape index (κ3) is 2.19. The molecule has 1 saturated carbocycles. The lowest BCUT2D eigenvalue weighted by Gasteiger charge is -2.25. The van der Waals surface area contributed by atoms with Crippen LogP contribution < -0.4 is 9.64 Å². The average Bonchev–Trinajstić information content (AvgIpc) is 2.98. The number of ether oxygens (including phenoxy) is 1. The zero-order valence-corrected chi connectivity index (χ0v) is 11.5. The molecule has 1 aromatic heterocycles. The van der Waals surface area contributed by atoms with Crippen molar-refractivity contribution in [3.05, 3.63) is 12.4 Å². The van der Waals surface area contributed by atoms with Gasteiger partial charge in [0.05, 0.1) is 6.61 Å². The van der Waals surface area contributed by atoms with Gasteiger partial charge in [0.15, 0.2) is 0 Å². The minimum Gasteiger partial charge on any atom is -0.480 e. The summed E-state index contributed by atoms with van der Waals surface area (Å²) in [5.41, 5.74) is 0. The number of aliphatic carboxylic acids is 1. The summed E-state index contributed by atoms with van der Waals surface area (Å²) >= 11 is 0. The number of hydrogen-bond donors (Lipinski definition) is 1. The molecule has 0 aromatic carbocycles. The Morgan fingerprint density at radius 2 is 2.35 bits per heavy atom. The molecule has 3 atom stereocenters. The number of fused-ring (bicyclic) bond motifs is 1. The van der Waals surface area contributed by atoms with Crippen LogP contribution in [0.4, 0.5) is 5.82 Å². The van der Waals surface area contributed by atoms with Crippen LogP contribution in [-0.4, -0.2) is 40.2 Å². The molecule has 20 heavy (non-hydrogen) atoms. The van der Waals surface area contributed by atoms with Gasteiger partial charge in [-0.3, -0.25) is 0 Å². The molecule has 1 aromatic rings. The lowest BCUT2D eigenvalue weighted by Crippen LogP contribution is -2.40. The summed E-state index contributed by atoms with van der Waals surface area (Å²) in [5.74, 6) is 1.12. The van der Waals surface area contributed by atoms with E-state index < -0.39 is 12.0 Å². The zero-order chi connectivity index (χ0) is 14.1. The van der Waals surface area contributed by atoms with Crippen molar-refractivity contribution >= 4 is 11.8 Å². The van der Waals surface area contributed by atoms with E-state index in [-0.39, 0.29) is 5.92 Å². The van der Waals surface area contributed by atoms with Crippen LogP contribution in [0.25, 0.3) is 0 Å². The fourth-order valence-corrected chi connectivity index (χ4v) is 3.57. The summed E-state index contributed by atoms with van der Waals surface area (Å²) in [6.45, 7) is 3.19. The van der Waals surface area contributed by atoms with Gasteiger partial charge in [-0.2, -0.15) is 0 Å². The Labute approximate surface area is 117 Å². The normalized spacial score (nSPS) is 28.4. The van der Waals surface area contributed by atoms with E-state index in [9.17, 15) is 9.90 Å². The smallest absolute Gasteiger partial charge is 0.326 e. The predicted octanol–water partition coefficient (Wildman–Crippen LogP) is 1.56. The highest BCUT2D eigenvalue weighted by Gasteiger charge is 2.48. The highest BCUT2D eigenvalue weighted by atomic mass is 16.5. The lowest BCUT2D eigenvalue weighted by atomic mass is 9.94. The highest BCUT2D eigenvalue weighted by molar-refractivity contribution is 5.79. The number of rotatable bonds is 4. The Morgan fingerprint density at radius 1 is 1.50 bits per heavy atom. The number of nitrogens with zero attached hydrogens (tertiary/aromatic N) is 3. The van der Waals surface area contributed by atoms with E-state index >= 15 is 0 Å². The number of carboxylic acid groups (broad SMARTS) is 1. The van der Waals surface area contributed by atoms with Gasteiger partial charge < -0.3 is 14.7 Å². The Morgan fingerprint density at radius 3 is 3.10 bits per heavy atom. The van der Waals surface area contributed by atoms with E-state index in [1.165, 1.54) is 6.33 Å². The molecule has 2 fully saturated rings. The summed E-state index contributed by atoms with van der Waals surface area (Å²) in [7, 11) is 0. The van der Waals surface area contributed by atoms with Crippen LogP contribution >= 0.6 is 0 Å². The molecular formula is C14H19N3O3. The first-order valence-electron chi connectivity index (χ1n) is 7.15. The molecule has 0 radical (unpaired) electrons. The number of anilines is 1. The molecule has 3 rings (SSSR count). The monoisotopic (exact) mass is 277 g/mol. The average molecular weight is 277 g/mol. The van der Waals surface area contributed by atoms with Gasteiger partial charge in [-0.25, -0.2) is 14.8 Å². The van der Waals surface area contributed by atoms with Crippen molar-refractivity contribution in [2.24, 2.45) is 11.8 Å². The van der Waals surface area contributed by atoms with Crippen molar-refractivity contribution in [2.45, 2.75) is 32.2 Å². The molecule has 0 bridgehead atoms. The molecule has 2 heterocycles. The van der Waals surface area contributed by atoms with Gasteiger partial charge >= 0.3 is 5.97 Å². The fraction of sp³-hybridized carbons (Fsp3) is 0.643. The fourth-order valence-electron chi connectivity index (χ4n) is 3.57. The summed E-state index contributed by atoms with van der Waals surface area (Å²) in [6.07, 6.45) is 4.70. The molecule has 0 amide bonds. The molecule has 6 heteroatoms. The van der Waals surface area contributed by atoms with Gasteiger partial charge in [-0.15, -0.1) is 0 Å². The Hall–Kier alpha value is -1.85. The van der Waals surface area contributed by atoms with E-state index in [4.69, 9.17) is 4.74 Å². The minimum absolute atomic E-state index is 0.248. The van der Waals surface area contributed by atoms with Crippen LogP contribution in [0.15, 0.2) is 12.4 Å². The van der Waals surface area contributed by atoms with Crippen LogP contribution in [0.3, 0.4) is 0 Å². The maximum Gasteiger partial charge on any atom is 0.326 e. The maximum absolute atomic E-state index is 11.6. The number of hydrogen-bond acceptors (Lipinski definition) is 5. The molecule has 1 saturated heterocycles. The van der Waals surface area contributed by atoms with Crippen LogP contribution in [-0.2, 0) is 4.79 Å². The molecule has 6 nitrogen and oxygen atoms in total. The molecular weight excluding hydrogens is 258 g/mol. The van der Waals surface area contributed by atoms with Crippen molar-refractivity contribution < 1.29 is 14.6 Å². The second kappa shape index (κ2) is 5.26. The largest absolute Gasteiger partial charge is 0.480 e. The van der Waals surface area contributed by atoms with Gasteiger partial charge in [0.1, 0.15) is 18.2 Å². The van der Waals surface area contributed by atoms with E-state index in [2.05, 4.69) is 9.97 Å². The molecule has 1 N–H and O–H groups in total. The van der Waals surface area contributed by atoms with E-state index in [1.807, 2.05) is 11.8 Å². The summed E-state index contributed by atoms with van der Waals surface area (Å²) in [4.78, 5) is 21.8. The first kappa shape index (κ1) is 13.1. The van der Waals surface area contributed by atoms with Crippen molar-refractivity contribution in [3.8, 4) is 5.88 Å². The van der Waals surface area contributed by atoms with Gasteiger partial charge in [-0.1, -0.05) is 6.42 Å². The van der Waals surface area contributed by atoms with Gasteiger partial charge in [0.25, 0.3) is 0 Å². The first-order valence-corrected chi connectivity index (χ1v) is 7.15. The summed E-state index contributed by atoms with van der Waals surface area (Å²) < 4.78 is 5.37. The first-order chi connectivity index (χ1) is 9.70. The van der Waals surface area contributed by atoms with Crippen LogP contribution in [0.1, 0.15) is 26.2 Å². The Kier molecular flexibility index (Phi) is 3.46. The van der Waals surface area contributed by atoms with Crippen molar-refractivity contribution in [3.63, 3.8) is 0 Å². The lowest BCUT2D eigenvalue weighted by molar-refractivity contribution is -0.139. The van der Waals surface area contributed by atoms with E-state index in [0.29, 0.717) is 24.2 Å². The zero-order valence-electron chi connectivity index (χ0n) is 11.5. The minimum atomic E-state index is -0.754. The van der Waals surface area contributed by atoms with Crippen molar-refractivity contribution in [1.82, 2.24) is 9.97 Å². The molecule has 3 unspecified atom stereocenters. The molecule has 1 aliphatic carbocycles. The molecule has 2 aliphatic rings. The quantitative estimate of drug-likeness (QED) is 0.900. The second-order valence-electron chi connectivity index (χ2n) is 5.44. The Balaban J connectivity index is 1.88. The second-order valence-corrected chi connectivity index (χ2v) is 5.44. The van der Waals surface area contributed by atoms with Gasteiger partial charge in [0.2, 0.25) is 5.88 Å². The highest BCUT2D eigenvalue weighted by Crippen LogP contribution is 2.43. The molecule has 1 aliphatic heterocycles. The van der Waals surface area contributed by atoms with Crippen molar-refractivity contribution in [1.29, 1.82) is 0 Å². The van der Waals surface area contributed by atoms with E-state index in [0.717, 1.165) is 25.8 Å². The predicted molar refractivity (Wildman–Crippen MR) is 72.8 cm³/mol.